The Hall–Kier alpha value is -2.46. The summed E-state index contributed by atoms with van der Waals surface area (Å²) in [5.41, 5.74) is 0. The maximum Gasteiger partial charge on any atom is 0.239 e. The number of rotatable bonds is 10. The van der Waals surface area contributed by atoms with Gasteiger partial charge in [-0.2, -0.15) is 0 Å². The molecule has 2 saturated heterocycles. The van der Waals surface area contributed by atoms with E-state index in [2.05, 4.69) is 15.8 Å². The molecule has 0 aliphatic carbocycles. The predicted octanol–water partition coefficient (Wildman–Crippen LogP) is 1.00. The summed E-state index contributed by atoms with van der Waals surface area (Å²) in [5, 5.41) is 9.13. The Morgan fingerprint density at radius 1 is 1.10 bits per heavy atom. The number of anilines is 1. The zero-order valence-electron chi connectivity index (χ0n) is 17.4. The Morgan fingerprint density at radius 2 is 1.83 bits per heavy atom. The summed E-state index contributed by atoms with van der Waals surface area (Å²) in [6, 6.07) is 1.60. The molecule has 2 fully saturated rings. The number of hydrogen-bond acceptors (Lipinski definition) is 7. The van der Waals surface area contributed by atoms with Crippen molar-refractivity contribution in [2.24, 2.45) is 0 Å². The van der Waals surface area contributed by atoms with Crippen molar-refractivity contribution in [2.75, 3.05) is 38.2 Å². The lowest BCUT2D eigenvalue weighted by Crippen LogP contribution is -2.45. The standard InChI is InChI=1S/C20H30N4O6/c1-14-10-17(23-30-14)22-18(25)6-7-20(27)24(12-16-5-3-9-29-16)13-19(26)21-11-15-4-2-8-28-15/h10,15-16H,2-9,11-13H2,1H3,(H,21,26)(H,22,23,25)/t15-,16+/m1/s1. The Morgan fingerprint density at radius 3 is 2.47 bits per heavy atom. The average Bonchev–Trinajstić information content (AvgIpc) is 3.48. The first-order valence-electron chi connectivity index (χ1n) is 10.5. The lowest BCUT2D eigenvalue weighted by molar-refractivity contribution is -0.138. The predicted molar refractivity (Wildman–Crippen MR) is 107 cm³/mol. The van der Waals surface area contributed by atoms with Crippen molar-refractivity contribution >= 4 is 23.5 Å². The second-order valence-corrected chi connectivity index (χ2v) is 7.72. The van der Waals surface area contributed by atoms with Crippen molar-refractivity contribution in [3.63, 3.8) is 0 Å². The monoisotopic (exact) mass is 422 g/mol. The van der Waals surface area contributed by atoms with Crippen LogP contribution in [0.4, 0.5) is 5.82 Å². The first kappa shape index (κ1) is 22.2. The van der Waals surface area contributed by atoms with Gasteiger partial charge in [-0.15, -0.1) is 0 Å². The smallest absolute Gasteiger partial charge is 0.239 e. The van der Waals surface area contributed by atoms with E-state index in [1.165, 1.54) is 4.90 Å². The molecule has 10 nitrogen and oxygen atoms in total. The van der Waals surface area contributed by atoms with Crippen LogP contribution >= 0.6 is 0 Å². The number of nitrogens with zero attached hydrogens (tertiary/aromatic N) is 2. The van der Waals surface area contributed by atoms with Crippen molar-refractivity contribution in [3.8, 4) is 0 Å². The topological polar surface area (TPSA) is 123 Å². The first-order chi connectivity index (χ1) is 14.5. The molecule has 2 aliphatic heterocycles. The van der Waals surface area contributed by atoms with Crippen LogP contribution in [0.25, 0.3) is 0 Å². The Balaban J connectivity index is 1.47. The van der Waals surface area contributed by atoms with Crippen LogP contribution in [0.3, 0.4) is 0 Å². The lowest BCUT2D eigenvalue weighted by Gasteiger charge is -2.25. The second kappa shape index (κ2) is 11.1. The van der Waals surface area contributed by atoms with Crippen molar-refractivity contribution in [1.82, 2.24) is 15.4 Å². The zero-order valence-corrected chi connectivity index (χ0v) is 17.4. The molecule has 0 unspecified atom stereocenters. The van der Waals surface area contributed by atoms with Gasteiger partial charge in [-0.1, -0.05) is 5.16 Å². The number of ether oxygens (including phenoxy) is 2. The van der Waals surface area contributed by atoms with E-state index >= 15 is 0 Å². The molecule has 10 heteroatoms. The van der Waals surface area contributed by atoms with Gasteiger partial charge in [0.2, 0.25) is 17.7 Å². The molecular weight excluding hydrogens is 392 g/mol. The van der Waals surface area contributed by atoms with Crippen molar-refractivity contribution in [3.05, 3.63) is 11.8 Å². The van der Waals surface area contributed by atoms with Crippen LogP contribution in [-0.4, -0.2) is 72.8 Å². The summed E-state index contributed by atoms with van der Waals surface area (Å²) >= 11 is 0. The minimum absolute atomic E-state index is 0.00555. The zero-order chi connectivity index (χ0) is 21.3. The molecule has 3 rings (SSSR count). The minimum Gasteiger partial charge on any atom is -0.376 e. The van der Waals surface area contributed by atoms with Crippen LogP contribution in [0.1, 0.15) is 44.3 Å². The third kappa shape index (κ3) is 7.10. The van der Waals surface area contributed by atoms with E-state index in [4.69, 9.17) is 14.0 Å². The molecule has 2 atom stereocenters. The van der Waals surface area contributed by atoms with E-state index in [1.807, 2.05) is 0 Å². The SMILES string of the molecule is Cc1cc(NC(=O)CCC(=O)N(CC(=O)NC[C@H]2CCCO2)C[C@@H]2CCCO2)no1. The lowest BCUT2D eigenvalue weighted by atomic mass is 10.2. The molecule has 0 radical (unpaired) electrons. The van der Waals surface area contributed by atoms with Crippen LogP contribution in [-0.2, 0) is 23.9 Å². The van der Waals surface area contributed by atoms with Crippen LogP contribution in [0.15, 0.2) is 10.6 Å². The maximum atomic E-state index is 12.7. The Bertz CT molecular complexity index is 725. The molecule has 0 aromatic carbocycles. The van der Waals surface area contributed by atoms with Gasteiger partial charge in [0.1, 0.15) is 5.76 Å². The highest BCUT2D eigenvalue weighted by Gasteiger charge is 2.25. The average molecular weight is 422 g/mol. The molecule has 0 saturated carbocycles. The molecule has 166 valence electrons. The van der Waals surface area contributed by atoms with E-state index in [0.29, 0.717) is 31.3 Å². The molecular formula is C20H30N4O6. The van der Waals surface area contributed by atoms with Gasteiger partial charge in [0, 0.05) is 45.2 Å². The molecule has 3 heterocycles. The highest BCUT2D eigenvalue weighted by Crippen LogP contribution is 2.15. The van der Waals surface area contributed by atoms with Gasteiger partial charge in [0.25, 0.3) is 0 Å². The summed E-state index contributed by atoms with van der Waals surface area (Å²) in [4.78, 5) is 38.7. The fourth-order valence-corrected chi connectivity index (χ4v) is 3.56. The first-order valence-corrected chi connectivity index (χ1v) is 10.5. The van der Waals surface area contributed by atoms with Gasteiger partial charge in [-0.3, -0.25) is 14.4 Å². The van der Waals surface area contributed by atoms with Crippen LogP contribution < -0.4 is 10.6 Å². The van der Waals surface area contributed by atoms with Gasteiger partial charge in [0.15, 0.2) is 5.82 Å². The van der Waals surface area contributed by atoms with Crippen LogP contribution in [0.5, 0.6) is 0 Å². The Labute approximate surface area is 175 Å². The number of amides is 3. The molecule has 1 aromatic heterocycles. The van der Waals surface area contributed by atoms with Gasteiger partial charge < -0.3 is 29.5 Å². The molecule has 0 bridgehead atoms. The van der Waals surface area contributed by atoms with Gasteiger partial charge in [-0.05, 0) is 32.6 Å². The third-order valence-corrected chi connectivity index (χ3v) is 5.15. The summed E-state index contributed by atoms with van der Waals surface area (Å²) < 4.78 is 16.0. The second-order valence-electron chi connectivity index (χ2n) is 7.72. The fourth-order valence-electron chi connectivity index (χ4n) is 3.56. The third-order valence-electron chi connectivity index (χ3n) is 5.15. The number of aromatic nitrogens is 1. The number of nitrogens with one attached hydrogen (secondary N) is 2. The van der Waals surface area contributed by atoms with Gasteiger partial charge in [-0.25, -0.2) is 0 Å². The molecule has 0 spiro atoms. The van der Waals surface area contributed by atoms with Crippen molar-refractivity contribution in [2.45, 2.75) is 57.7 Å². The molecule has 30 heavy (non-hydrogen) atoms. The Kier molecular flexibility index (Phi) is 8.21. The van der Waals surface area contributed by atoms with E-state index in [1.54, 1.807) is 13.0 Å². The largest absolute Gasteiger partial charge is 0.376 e. The van der Waals surface area contributed by atoms with Crippen molar-refractivity contribution in [1.29, 1.82) is 0 Å². The van der Waals surface area contributed by atoms with Crippen LogP contribution in [0.2, 0.25) is 0 Å². The molecule has 3 amide bonds. The van der Waals surface area contributed by atoms with E-state index < -0.39 is 0 Å². The minimum atomic E-state index is -0.337. The maximum absolute atomic E-state index is 12.7. The normalized spacial score (nSPS) is 20.8. The van der Waals surface area contributed by atoms with Crippen LogP contribution in [0, 0.1) is 6.92 Å². The van der Waals surface area contributed by atoms with Gasteiger partial charge >= 0.3 is 0 Å². The molecule has 2 N–H and O–H groups in total. The summed E-state index contributed by atoms with van der Waals surface area (Å²) in [6.07, 6.45) is 3.68. The molecule has 1 aromatic rings. The summed E-state index contributed by atoms with van der Waals surface area (Å²) in [6.45, 7) is 3.84. The van der Waals surface area contributed by atoms with Gasteiger partial charge in [0.05, 0.1) is 18.8 Å². The summed E-state index contributed by atoms with van der Waals surface area (Å²) in [5.74, 6) is 0.0629. The van der Waals surface area contributed by atoms with E-state index in [0.717, 1.165) is 32.3 Å². The number of carbonyl (C=O) groups excluding carboxylic acids is 3. The fraction of sp³-hybridized carbons (Fsp3) is 0.700. The van der Waals surface area contributed by atoms with E-state index in [-0.39, 0.29) is 49.3 Å². The number of aryl methyl sites for hydroxylation is 1. The highest BCUT2D eigenvalue weighted by molar-refractivity contribution is 5.93. The van der Waals surface area contributed by atoms with Crippen molar-refractivity contribution < 1.29 is 28.4 Å². The quantitative estimate of drug-likeness (QED) is 0.577. The number of hydrogen-bond donors (Lipinski definition) is 2. The number of carbonyl (C=O) groups is 3. The van der Waals surface area contributed by atoms with E-state index in [9.17, 15) is 14.4 Å². The highest BCUT2D eigenvalue weighted by atomic mass is 16.5. The molecule has 2 aliphatic rings. The summed E-state index contributed by atoms with van der Waals surface area (Å²) in [7, 11) is 0.